The highest BCUT2D eigenvalue weighted by Crippen LogP contribution is 2.28. The summed E-state index contributed by atoms with van der Waals surface area (Å²) in [5, 5.41) is 1.13. The summed E-state index contributed by atoms with van der Waals surface area (Å²) in [7, 11) is -0.409. The molecule has 0 aliphatic heterocycles. The Morgan fingerprint density at radius 1 is 1.21 bits per heavy atom. The molecule has 1 aromatic heterocycles. The summed E-state index contributed by atoms with van der Waals surface area (Å²) in [6.45, 7) is 0. The van der Waals surface area contributed by atoms with E-state index in [2.05, 4.69) is 4.98 Å². The molecule has 24 heavy (non-hydrogen) atoms. The molecular weight excluding hydrogens is 368 g/mol. The second-order valence-electron chi connectivity index (χ2n) is 5.32. The number of halogens is 1. The zero-order chi connectivity index (χ0) is 17.3. The van der Waals surface area contributed by atoms with Crippen molar-refractivity contribution in [2.75, 3.05) is 14.1 Å². The summed E-state index contributed by atoms with van der Waals surface area (Å²) in [4.78, 5) is 4.65. The van der Waals surface area contributed by atoms with Gasteiger partial charge in [-0.1, -0.05) is 35.5 Å². The maximum atomic E-state index is 12.2. The molecule has 0 bridgehead atoms. The van der Waals surface area contributed by atoms with E-state index in [4.69, 9.17) is 16.0 Å². The molecule has 0 saturated carbocycles. The number of hydrogen-bond donors (Lipinski definition) is 0. The number of aromatic nitrogens is 1. The third-order valence-corrected chi connectivity index (χ3v) is 6.31. The van der Waals surface area contributed by atoms with Crippen molar-refractivity contribution in [2.45, 2.75) is 15.9 Å². The van der Waals surface area contributed by atoms with Gasteiger partial charge in [-0.2, -0.15) is 0 Å². The molecule has 126 valence electrons. The van der Waals surface area contributed by atoms with Crippen LogP contribution in [-0.2, 0) is 15.8 Å². The smallest absolute Gasteiger partial charge is 0.257 e. The molecule has 3 rings (SSSR count). The van der Waals surface area contributed by atoms with Gasteiger partial charge in [0.1, 0.15) is 5.52 Å². The Kier molecular flexibility index (Phi) is 4.87. The van der Waals surface area contributed by atoms with Crippen LogP contribution in [0.5, 0.6) is 0 Å². The summed E-state index contributed by atoms with van der Waals surface area (Å²) in [6, 6.07) is 12.1. The average Bonchev–Trinajstić information content (AvgIpc) is 2.95. The summed E-state index contributed by atoms with van der Waals surface area (Å²) in [6.07, 6.45) is 0. The Balaban J connectivity index is 1.79. The molecule has 8 heteroatoms. The van der Waals surface area contributed by atoms with E-state index in [0.717, 1.165) is 5.56 Å². The van der Waals surface area contributed by atoms with Crippen molar-refractivity contribution in [2.24, 2.45) is 0 Å². The highest BCUT2D eigenvalue weighted by atomic mass is 35.5. The van der Waals surface area contributed by atoms with Crippen LogP contribution in [-0.4, -0.2) is 31.8 Å². The molecule has 2 aromatic carbocycles. The van der Waals surface area contributed by atoms with Gasteiger partial charge >= 0.3 is 0 Å². The lowest BCUT2D eigenvalue weighted by Crippen LogP contribution is -2.22. The number of fused-ring (bicyclic) bond motifs is 1. The van der Waals surface area contributed by atoms with Gasteiger partial charge in [0.05, 0.1) is 4.90 Å². The Labute approximate surface area is 149 Å². The molecule has 3 aromatic rings. The molecule has 0 aliphatic carbocycles. The molecular formula is C16H15ClN2O3S2. The number of sulfonamides is 1. The van der Waals surface area contributed by atoms with Crippen molar-refractivity contribution in [3.8, 4) is 0 Å². The van der Waals surface area contributed by atoms with Crippen molar-refractivity contribution >= 4 is 44.5 Å². The Bertz CT molecular complexity index is 984. The lowest BCUT2D eigenvalue weighted by atomic mass is 10.2. The molecule has 5 nitrogen and oxygen atoms in total. The van der Waals surface area contributed by atoms with Crippen LogP contribution >= 0.6 is 23.4 Å². The van der Waals surface area contributed by atoms with Gasteiger partial charge in [0.15, 0.2) is 5.58 Å². The molecule has 0 aliphatic rings. The first kappa shape index (κ1) is 17.3. The van der Waals surface area contributed by atoms with Crippen LogP contribution in [0.1, 0.15) is 5.56 Å². The third kappa shape index (κ3) is 3.59. The van der Waals surface area contributed by atoms with Gasteiger partial charge in [-0.05, 0) is 35.9 Å². The molecule has 0 fully saturated rings. The van der Waals surface area contributed by atoms with Crippen LogP contribution in [0.25, 0.3) is 11.1 Å². The fourth-order valence-corrected chi connectivity index (χ4v) is 4.01. The van der Waals surface area contributed by atoms with Gasteiger partial charge in [0.2, 0.25) is 10.0 Å². The first-order valence-corrected chi connectivity index (χ1v) is 9.87. The summed E-state index contributed by atoms with van der Waals surface area (Å²) in [5.41, 5.74) is 2.25. The van der Waals surface area contributed by atoms with Gasteiger partial charge in [0.25, 0.3) is 5.22 Å². The summed E-state index contributed by atoms with van der Waals surface area (Å²) in [5.74, 6) is 0.553. The van der Waals surface area contributed by atoms with Gasteiger partial charge in [0, 0.05) is 24.9 Å². The van der Waals surface area contributed by atoms with Crippen molar-refractivity contribution in [3.05, 3.63) is 53.1 Å². The van der Waals surface area contributed by atoms with E-state index >= 15 is 0 Å². The molecule has 0 saturated heterocycles. The third-order valence-electron chi connectivity index (χ3n) is 3.37. The molecule has 0 atom stereocenters. The monoisotopic (exact) mass is 382 g/mol. The predicted molar refractivity (Wildman–Crippen MR) is 95.9 cm³/mol. The van der Waals surface area contributed by atoms with Crippen molar-refractivity contribution < 1.29 is 12.8 Å². The van der Waals surface area contributed by atoms with Crippen LogP contribution in [0.2, 0.25) is 5.02 Å². The molecule has 0 amide bonds. The van der Waals surface area contributed by atoms with Crippen LogP contribution in [0.3, 0.4) is 0 Å². The topological polar surface area (TPSA) is 63.4 Å². The Morgan fingerprint density at radius 3 is 2.75 bits per heavy atom. The lowest BCUT2D eigenvalue weighted by molar-refractivity contribution is 0.489. The quantitative estimate of drug-likeness (QED) is 0.623. The minimum Gasteiger partial charge on any atom is -0.431 e. The highest BCUT2D eigenvalue weighted by molar-refractivity contribution is 7.98. The van der Waals surface area contributed by atoms with E-state index in [0.29, 0.717) is 27.1 Å². The first-order valence-electron chi connectivity index (χ1n) is 7.06. The van der Waals surface area contributed by atoms with Crippen LogP contribution < -0.4 is 0 Å². The van der Waals surface area contributed by atoms with Crippen molar-refractivity contribution in [3.63, 3.8) is 0 Å². The number of benzene rings is 2. The van der Waals surface area contributed by atoms with E-state index in [1.54, 1.807) is 36.4 Å². The maximum absolute atomic E-state index is 12.2. The second-order valence-corrected chi connectivity index (χ2v) is 8.83. The van der Waals surface area contributed by atoms with E-state index < -0.39 is 10.0 Å². The number of hydrogen-bond acceptors (Lipinski definition) is 5. The van der Waals surface area contributed by atoms with Crippen LogP contribution in [0, 0.1) is 0 Å². The fourth-order valence-electron chi connectivity index (χ4n) is 2.09. The minimum absolute atomic E-state index is 0.273. The number of rotatable bonds is 5. The molecule has 0 unspecified atom stereocenters. The van der Waals surface area contributed by atoms with E-state index in [-0.39, 0.29) is 4.90 Å². The fraction of sp³-hybridized carbons (Fsp3) is 0.188. The van der Waals surface area contributed by atoms with E-state index in [9.17, 15) is 8.42 Å². The Morgan fingerprint density at radius 2 is 2.00 bits per heavy atom. The van der Waals surface area contributed by atoms with Crippen molar-refractivity contribution in [1.29, 1.82) is 0 Å². The van der Waals surface area contributed by atoms with Crippen molar-refractivity contribution in [1.82, 2.24) is 9.29 Å². The number of nitrogens with zero attached hydrogens (tertiary/aromatic N) is 2. The van der Waals surface area contributed by atoms with Gasteiger partial charge < -0.3 is 4.42 Å². The predicted octanol–water partition coefficient (Wildman–Crippen LogP) is 4.02. The summed E-state index contributed by atoms with van der Waals surface area (Å²) >= 11 is 7.34. The van der Waals surface area contributed by atoms with E-state index in [1.807, 2.05) is 6.07 Å². The molecule has 1 heterocycles. The first-order chi connectivity index (χ1) is 11.4. The second kappa shape index (κ2) is 6.76. The zero-order valence-corrected chi connectivity index (χ0v) is 15.5. The van der Waals surface area contributed by atoms with E-state index in [1.165, 1.54) is 30.2 Å². The zero-order valence-electron chi connectivity index (χ0n) is 13.1. The number of thioether (sulfide) groups is 1. The van der Waals surface area contributed by atoms with Gasteiger partial charge in [-0.25, -0.2) is 17.7 Å². The highest BCUT2D eigenvalue weighted by Gasteiger charge is 2.17. The lowest BCUT2D eigenvalue weighted by Gasteiger charge is -2.11. The van der Waals surface area contributed by atoms with Gasteiger partial charge in [-0.3, -0.25) is 0 Å². The largest absolute Gasteiger partial charge is 0.431 e. The molecule has 0 N–H and O–H groups in total. The normalized spacial score (nSPS) is 12.2. The summed E-state index contributed by atoms with van der Waals surface area (Å²) < 4.78 is 31.2. The molecule has 0 spiro atoms. The molecule has 0 radical (unpaired) electrons. The average molecular weight is 383 g/mol. The SMILES string of the molecule is CN(C)S(=O)(=O)c1cccc(CSc2nc3cc(Cl)ccc3o2)c1. The minimum atomic E-state index is -3.44. The number of oxazole rings is 1. The van der Waals surface area contributed by atoms with Crippen LogP contribution in [0.4, 0.5) is 0 Å². The van der Waals surface area contributed by atoms with Crippen LogP contribution in [0.15, 0.2) is 57.0 Å². The Hall–Kier alpha value is -1.54. The standard InChI is InChI=1S/C16H15ClN2O3S2/c1-19(2)24(20,21)13-5-3-4-11(8-13)10-23-16-18-14-9-12(17)6-7-15(14)22-16/h3-9H,10H2,1-2H3. The maximum Gasteiger partial charge on any atom is 0.257 e. The van der Waals surface area contributed by atoms with Gasteiger partial charge in [-0.15, -0.1) is 0 Å².